The first kappa shape index (κ1) is 12.4. The predicted octanol–water partition coefficient (Wildman–Crippen LogP) is 3.50. The molecule has 0 aliphatic carbocycles. The van der Waals surface area contributed by atoms with E-state index < -0.39 is 0 Å². The van der Waals surface area contributed by atoms with Crippen molar-refractivity contribution in [2.45, 2.75) is 25.7 Å². The van der Waals surface area contributed by atoms with E-state index in [1.54, 1.807) is 0 Å². The van der Waals surface area contributed by atoms with E-state index >= 15 is 0 Å². The van der Waals surface area contributed by atoms with Crippen LogP contribution in [0.1, 0.15) is 31.2 Å². The maximum absolute atomic E-state index is 12.3. The highest BCUT2D eigenvalue weighted by Crippen LogP contribution is 2.24. The molecule has 0 unspecified atom stereocenters. The Bertz CT molecular complexity index is 560. The lowest BCUT2D eigenvalue weighted by atomic mass is 10.2. The average molecular weight is 275 g/mol. The lowest BCUT2D eigenvalue weighted by molar-refractivity contribution is -0.122. The first-order valence-corrected chi connectivity index (χ1v) is 6.98. The second kappa shape index (κ2) is 5.17. The average Bonchev–Trinajstić information content (AvgIpc) is 2.60. The second-order valence-electron chi connectivity index (χ2n) is 4.88. The molecule has 2 heterocycles. The Morgan fingerprint density at radius 1 is 1.16 bits per heavy atom. The monoisotopic (exact) mass is 274 g/mol. The highest BCUT2D eigenvalue weighted by Gasteiger charge is 2.30. The molecule has 1 aromatic carbocycles. The second-order valence-corrected chi connectivity index (χ2v) is 5.31. The number of aliphatic imine (C=N–C) groups is 1. The molecule has 1 fully saturated rings. The lowest BCUT2D eigenvalue weighted by Crippen LogP contribution is -2.31. The Morgan fingerprint density at radius 2 is 1.95 bits per heavy atom. The molecular formula is C15H15ClN2O. The summed E-state index contributed by atoms with van der Waals surface area (Å²) in [6, 6.07) is 7.43. The van der Waals surface area contributed by atoms with Crippen LogP contribution in [0.3, 0.4) is 0 Å². The van der Waals surface area contributed by atoms with Crippen LogP contribution < -0.4 is 0 Å². The largest absolute Gasteiger partial charge is 0.295 e. The molecule has 0 bridgehead atoms. The Hall–Kier alpha value is -1.61. The molecule has 1 aromatic rings. The number of carbonyl (C=O) groups excluding carboxylic acids is 1. The van der Waals surface area contributed by atoms with Gasteiger partial charge in [-0.1, -0.05) is 30.2 Å². The predicted molar refractivity (Wildman–Crippen MR) is 77.0 cm³/mol. The Morgan fingerprint density at radius 3 is 2.74 bits per heavy atom. The van der Waals surface area contributed by atoms with Crippen molar-refractivity contribution in [2.75, 3.05) is 6.54 Å². The van der Waals surface area contributed by atoms with Gasteiger partial charge in [0.15, 0.2) is 0 Å². The first-order chi connectivity index (χ1) is 9.24. The van der Waals surface area contributed by atoms with Crippen LogP contribution >= 0.6 is 11.6 Å². The summed E-state index contributed by atoms with van der Waals surface area (Å²) in [5.74, 6) is 0.967. The standard InChI is InChI=1S/C15H15ClN2O/c16-12-7-5-11(6-8-12)10-13-15(19)18-9-3-1-2-4-14(18)17-13/h5-8,10H,1-4,9H2. The summed E-state index contributed by atoms with van der Waals surface area (Å²) in [4.78, 5) is 18.6. The van der Waals surface area contributed by atoms with Crippen molar-refractivity contribution in [1.29, 1.82) is 0 Å². The van der Waals surface area contributed by atoms with Gasteiger partial charge in [-0.2, -0.15) is 0 Å². The fourth-order valence-corrected chi connectivity index (χ4v) is 2.59. The first-order valence-electron chi connectivity index (χ1n) is 6.61. The van der Waals surface area contributed by atoms with Crippen LogP contribution in [0.15, 0.2) is 35.0 Å². The number of amidine groups is 1. The summed E-state index contributed by atoms with van der Waals surface area (Å²) in [7, 11) is 0. The van der Waals surface area contributed by atoms with Crippen LogP contribution in [0, 0.1) is 0 Å². The van der Waals surface area contributed by atoms with Gasteiger partial charge in [-0.05, 0) is 36.6 Å². The number of hydrogen-bond acceptors (Lipinski definition) is 2. The third-order valence-electron chi connectivity index (χ3n) is 3.48. The van der Waals surface area contributed by atoms with Gasteiger partial charge in [-0.15, -0.1) is 0 Å². The Labute approximate surface area is 117 Å². The molecule has 0 spiro atoms. The van der Waals surface area contributed by atoms with Gasteiger partial charge >= 0.3 is 0 Å². The van der Waals surface area contributed by atoms with Gasteiger partial charge in [0.25, 0.3) is 5.91 Å². The van der Waals surface area contributed by atoms with Gasteiger partial charge in [0.05, 0.1) is 0 Å². The molecule has 1 amide bonds. The molecule has 0 aromatic heterocycles. The zero-order chi connectivity index (χ0) is 13.2. The highest BCUT2D eigenvalue weighted by molar-refractivity contribution is 6.30. The lowest BCUT2D eigenvalue weighted by Gasteiger charge is -2.13. The van der Waals surface area contributed by atoms with Gasteiger partial charge in [-0.3, -0.25) is 9.69 Å². The minimum Gasteiger partial charge on any atom is -0.295 e. The van der Waals surface area contributed by atoms with Crippen LogP contribution in [0.4, 0.5) is 0 Å². The summed E-state index contributed by atoms with van der Waals surface area (Å²) >= 11 is 5.85. The van der Waals surface area contributed by atoms with Crippen LogP contribution in [0.2, 0.25) is 5.02 Å². The van der Waals surface area contributed by atoms with Crippen LogP contribution in [0.5, 0.6) is 0 Å². The number of rotatable bonds is 1. The van der Waals surface area contributed by atoms with E-state index in [0.717, 1.165) is 37.2 Å². The fraction of sp³-hybridized carbons (Fsp3) is 0.333. The normalized spacial score (nSPS) is 21.3. The van der Waals surface area contributed by atoms with Crippen molar-refractivity contribution in [2.24, 2.45) is 4.99 Å². The van der Waals surface area contributed by atoms with Gasteiger partial charge in [0.1, 0.15) is 11.5 Å². The molecule has 4 heteroatoms. The zero-order valence-electron chi connectivity index (χ0n) is 10.6. The van der Waals surface area contributed by atoms with E-state index in [2.05, 4.69) is 4.99 Å². The highest BCUT2D eigenvalue weighted by atomic mass is 35.5. The summed E-state index contributed by atoms with van der Waals surface area (Å²) in [5, 5.41) is 0.695. The quantitative estimate of drug-likeness (QED) is 0.722. The van der Waals surface area contributed by atoms with Gasteiger partial charge in [0, 0.05) is 18.0 Å². The molecule has 1 saturated heterocycles. The maximum atomic E-state index is 12.3. The van der Waals surface area contributed by atoms with E-state index in [1.807, 2.05) is 35.2 Å². The van der Waals surface area contributed by atoms with E-state index in [9.17, 15) is 4.79 Å². The van der Waals surface area contributed by atoms with E-state index in [-0.39, 0.29) is 5.91 Å². The minimum atomic E-state index is 0.0341. The van der Waals surface area contributed by atoms with Crippen LogP contribution in [0.25, 0.3) is 6.08 Å². The van der Waals surface area contributed by atoms with Gasteiger partial charge < -0.3 is 0 Å². The number of amides is 1. The third-order valence-corrected chi connectivity index (χ3v) is 3.73. The molecule has 0 radical (unpaired) electrons. The van der Waals surface area contributed by atoms with Crippen LogP contribution in [-0.2, 0) is 4.79 Å². The van der Waals surface area contributed by atoms with Crippen LogP contribution in [-0.4, -0.2) is 23.2 Å². The fourth-order valence-electron chi connectivity index (χ4n) is 2.46. The molecule has 3 rings (SSSR count). The number of benzene rings is 1. The van der Waals surface area contributed by atoms with E-state index in [4.69, 9.17) is 11.6 Å². The molecular weight excluding hydrogens is 260 g/mol. The van der Waals surface area contributed by atoms with E-state index in [0.29, 0.717) is 10.7 Å². The molecule has 0 saturated carbocycles. The number of hydrogen-bond donors (Lipinski definition) is 0. The number of carbonyl (C=O) groups is 1. The van der Waals surface area contributed by atoms with Crippen molar-refractivity contribution in [3.8, 4) is 0 Å². The van der Waals surface area contributed by atoms with Crippen molar-refractivity contribution in [3.05, 3.63) is 40.5 Å². The summed E-state index contributed by atoms with van der Waals surface area (Å²) < 4.78 is 0. The summed E-state index contributed by atoms with van der Waals surface area (Å²) in [6.45, 7) is 0.801. The zero-order valence-corrected chi connectivity index (χ0v) is 11.4. The number of fused-ring (bicyclic) bond motifs is 1. The Balaban J connectivity index is 1.89. The number of halogens is 1. The molecule has 0 atom stereocenters. The number of nitrogens with zero attached hydrogens (tertiary/aromatic N) is 2. The van der Waals surface area contributed by atoms with Crippen molar-refractivity contribution < 1.29 is 4.79 Å². The SMILES string of the molecule is O=C1C(=Cc2ccc(Cl)cc2)N=C2CCCCCN12. The molecule has 2 aliphatic rings. The molecule has 0 N–H and O–H groups in total. The van der Waals surface area contributed by atoms with Gasteiger partial charge in [0.2, 0.25) is 0 Å². The Kier molecular flexibility index (Phi) is 3.38. The molecule has 19 heavy (non-hydrogen) atoms. The maximum Gasteiger partial charge on any atom is 0.277 e. The smallest absolute Gasteiger partial charge is 0.277 e. The third kappa shape index (κ3) is 2.56. The van der Waals surface area contributed by atoms with Gasteiger partial charge in [-0.25, -0.2) is 4.99 Å². The molecule has 98 valence electrons. The topological polar surface area (TPSA) is 32.7 Å². The van der Waals surface area contributed by atoms with Crippen molar-refractivity contribution in [3.63, 3.8) is 0 Å². The summed E-state index contributed by atoms with van der Waals surface area (Å²) in [5.41, 5.74) is 1.49. The molecule has 3 nitrogen and oxygen atoms in total. The van der Waals surface area contributed by atoms with Crippen molar-refractivity contribution >= 4 is 29.4 Å². The minimum absolute atomic E-state index is 0.0341. The molecule has 2 aliphatic heterocycles. The van der Waals surface area contributed by atoms with E-state index in [1.165, 1.54) is 6.42 Å². The summed E-state index contributed by atoms with van der Waals surface area (Å²) in [6.07, 6.45) is 6.11. The van der Waals surface area contributed by atoms with Crippen molar-refractivity contribution in [1.82, 2.24) is 4.90 Å².